The fraction of sp³-hybridized carbons (Fsp3) is 0.333. The number of hydrogen-bond donors (Lipinski definition) is 3. The number of nitrogens with zero attached hydrogens (tertiary/aromatic N) is 3. The molecule has 0 radical (unpaired) electrons. The summed E-state index contributed by atoms with van der Waals surface area (Å²) < 4.78 is 6.35. The molecular weight excluding hydrogens is 588 g/mol. The average molecular weight is 614 g/mol. The molecule has 34 heavy (non-hydrogen) atoms. The van der Waals surface area contributed by atoms with E-state index in [0.29, 0.717) is 33.9 Å². The van der Waals surface area contributed by atoms with E-state index >= 15 is 0 Å². The maximum Gasteiger partial charge on any atom is 0.223 e. The fourth-order valence-electron chi connectivity index (χ4n) is 4.29. The Morgan fingerprint density at radius 1 is 1.35 bits per heavy atom. The van der Waals surface area contributed by atoms with Crippen molar-refractivity contribution in [3.63, 3.8) is 0 Å². The van der Waals surface area contributed by atoms with Crippen molar-refractivity contribution in [2.45, 2.75) is 24.7 Å². The maximum atomic E-state index is 10.2. The molecule has 1 saturated heterocycles. The van der Waals surface area contributed by atoms with E-state index in [1.54, 1.807) is 32.5 Å². The number of nitrogens with one attached hydrogen (secondary N) is 2. The van der Waals surface area contributed by atoms with Crippen LogP contribution >= 0.6 is 45.8 Å². The quantitative estimate of drug-likeness (QED) is 0.177. The molecule has 3 atom stereocenters. The minimum absolute atomic E-state index is 0.139. The van der Waals surface area contributed by atoms with Crippen LogP contribution in [0, 0.1) is 0 Å². The molecule has 0 spiro atoms. The lowest BCUT2D eigenvalue weighted by molar-refractivity contribution is 0.0389. The van der Waals surface area contributed by atoms with Crippen LogP contribution in [-0.4, -0.2) is 63.4 Å². The standard InChI is InChI=1S/C24H26Cl2IN5O2/c1-4-20(33)32-12-15(8-16(32)10-27)30-24-29-11-14-7-13(5-6-17(14)31-24)21-22(25)18(28-2)9-19(34-3)23(21)26/h4-7,9,11,15-16,20,28,33H,1,8,10,12H2,2-3H3,(H,29,30,31)/t15-,16-,20?/m0/s1. The first-order valence-corrected chi connectivity index (χ1v) is 13.1. The summed E-state index contributed by atoms with van der Waals surface area (Å²) in [4.78, 5) is 11.3. The zero-order valence-corrected chi connectivity index (χ0v) is 22.5. The van der Waals surface area contributed by atoms with Crippen molar-refractivity contribution in [2.24, 2.45) is 0 Å². The highest BCUT2D eigenvalue weighted by Crippen LogP contribution is 2.45. The number of aromatic nitrogens is 2. The van der Waals surface area contributed by atoms with E-state index in [1.165, 1.54) is 0 Å². The Bertz CT molecular complexity index is 1180. The van der Waals surface area contributed by atoms with Crippen molar-refractivity contribution >= 4 is 68.3 Å². The minimum atomic E-state index is -0.652. The van der Waals surface area contributed by atoms with Gasteiger partial charge in [0.25, 0.3) is 0 Å². The van der Waals surface area contributed by atoms with E-state index in [0.717, 1.165) is 33.0 Å². The van der Waals surface area contributed by atoms with Crippen molar-refractivity contribution in [2.75, 3.05) is 35.8 Å². The van der Waals surface area contributed by atoms with Crippen molar-refractivity contribution < 1.29 is 9.84 Å². The van der Waals surface area contributed by atoms with Gasteiger partial charge in [0.2, 0.25) is 5.95 Å². The molecule has 1 aliphatic rings. The minimum Gasteiger partial charge on any atom is -0.495 e. The molecule has 2 heterocycles. The molecule has 1 unspecified atom stereocenters. The third-order valence-corrected chi connectivity index (χ3v) is 7.83. The van der Waals surface area contributed by atoms with Gasteiger partial charge < -0.3 is 20.5 Å². The number of hydrogen-bond acceptors (Lipinski definition) is 7. The Kier molecular flexibility index (Phi) is 8.04. The van der Waals surface area contributed by atoms with Gasteiger partial charge in [-0.05, 0) is 30.2 Å². The number of halogens is 3. The van der Waals surface area contributed by atoms with Gasteiger partial charge in [-0.2, -0.15) is 0 Å². The van der Waals surface area contributed by atoms with E-state index in [1.807, 2.05) is 23.1 Å². The van der Waals surface area contributed by atoms with E-state index < -0.39 is 6.23 Å². The van der Waals surface area contributed by atoms with Crippen LogP contribution in [0.4, 0.5) is 11.6 Å². The second-order valence-corrected chi connectivity index (χ2v) is 9.71. The van der Waals surface area contributed by atoms with Crippen molar-refractivity contribution in [1.29, 1.82) is 0 Å². The monoisotopic (exact) mass is 613 g/mol. The molecule has 180 valence electrons. The van der Waals surface area contributed by atoms with Gasteiger partial charge in [0.15, 0.2) is 0 Å². The Morgan fingerprint density at radius 2 is 2.15 bits per heavy atom. The van der Waals surface area contributed by atoms with Crippen LogP contribution in [0.15, 0.2) is 43.1 Å². The molecular formula is C24H26Cl2IN5O2. The molecule has 0 amide bonds. The first-order chi connectivity index (χ1) is 16.4. The zero-order chi connectivity index (χ0) is 24.4. The summed E-state index contributed by atoms with van der Waals surface area (Å²) in [6, 6.07) is 8.02. The average Bonchev–Trinajstić information content (AvgIpc) is 3.26. The van der Waals surface area contributed by atoms with Crippen molar-refractivity contribution in [3.05, 3.63) is 53.2 Å². The second-order valence-electron chi connectivity index (χ2n) is 8.08. The summed E-state index contributed by atoms with van der Waals surface area (Å²) in [5.74, 6) is 1.10. The van der Waals surface area contributed by atoms with Crippen LogP contribution in [0.1, 0.15) is 6.42 Å². The fourth-order valence-corrected chi connectivity index (χ4v) is 5.90. The van der Waals surface area contributed by atoms with Gasteiger partial charge in [0, 0.05) is 53.3 Å². The van der Waals surface area contributed by atoms with Gasteiger partial charge in [-0.15, -0.1) is 0 Å². The molecule has 3 N–H and O–H groups in total. The first-order valence-electron chi connectivity index (χ1n) is 10.8. The van der Waals surface area contributed by atoms with Crippen LogP contribution < -0.4 is 15.4 Å². The summed E-state index contributed by atoms with van der Waals surface area (Å²) in [7, 11) is 3.37. The number of aliphatic hydroxyl groups is 1. The van der Waals surface area contributed by atoms with Gasteiger partial charge in [-0.3, -0.25) is 4.90 Å². The molecule has 4 rings (SSSR count). The maximum absolute atomic E-state index is 10.2. The molecule has 7 nitrogen and oxygen atoms in total. The number of ether oxygens (including phenoxy) is 1. The van der Waals surface area contributed by atoms with Crippen LogP contribution in [0.2, 0.25) is 10.0 Å². The SMILES string of the molecule is C=CC(O)N1C[C@@H](Nc2ncc3cc(-c4c(Cl)c(NC)cc(OC)c4Cl)ccc3n2)C[C@H]1CI. The zero-order valence-electron chi connectivity index (χ0n) is 18.9. The third-order valence-electron chi connectivity index (χ3n) is 6.04. The Morgan fingerprint density at radius 3 is 2.82 bits per heavy atom. The summed E-state index contributed by atoms with van der Waals surface area (Å²) in [6.07, 6.45) is 3.60. The van der Waals surface area contributed by atoms with Crippen molar-refractivity contribution in [1.82, 2.24) is 14.9 Å². The number of anilines is 2. The van der Waals surface area contributed by atoms with Crippen LogP contribution in [0.3, 0.4) is 0 Å². The number of fused-ring (bicyclic) bond motifs is 1. The van der Waals surface area contributed by atoms with Crippen LogP contribution in [0.25, 0.3) is 22.0 Å². The normalized spacial score (nSPS) is 19.2. The summed E-state index contributed by atoms with van der Waals surface area (Å²) >= 11 is 15.6. The summed E-state index contributed by atoms with van der Waals surface area (Å²) in [5.41, 5.74) is 3.06. The first kappa shape index (κ1) is 25.2. The lowest BCUT2D eigenvalue weighted by Gasteiger charge is -2.25. The lowest BCUT2D eigenvalue weighted by atomic mass is 10.0. The van der Waals surface area contributed by atoms with E-state index in [-0.39, 0.29) is 12.1 Å². The number of likely N-dealkylation sites (tertiary alicyclic amines) is 1. The lowest BCUT2D eigenvalue weighted by Crippen LogP contribution is -2.39. The van der Waals surface area contributed by atoms with E-state index in [2.05, 4.69) is 44.8 Å². The third kappa shape index (κ3) is 4.92. The second kappa shape index (κ2) is 10.8. The predicted molar refractivity (Wildman–Crippen MR) is 149 cm³/mol. The predicted octanol–water partition coefficient (Wildman–Crippen LogP) is 5.45. The van der Waals surface area contributed by atoms with Crippen molar-refractivity contribution in [3.8, 4) is 16.9 Å². The molecule has 0 aliphatic carbocycles. The van der Waals surface area contributed by atoms with Gasteiger partial charge >= 0.3 is 0 Å². The number of benzene rings is 2. The van der Waals surface area contributed by atoms with Gasteiger partial charge in [-0.25, -0.2) is 9.97 Å². The highest BCUT2D eigenvalue weighted by molar-refractivity contribution is 14.1. The molecule has 0 bridgehead atoms. The number of methoxy groups -OCH3 is 1. The number of alkyl halides is 1. The Balaban J connectivity index is 1.61. The highest BCUT2D eigenvalue weighted by atomic mass is 127. The molecule has 1 aliphatic heterocycles. The molecule has 0 saturated carbocycles. The van der Waals surface area contributed by atoms with Gasteiger partial charge in [0.1, 0.15) is 12.0 Å². The van der Waals surface area contributed by atoms with E-state index in [4.69, 9.17) is 32.9 Å². The molecule has 2 aromatic carbocycles. The van der Waals surface area contributed by atoms with Gasteiger partial charge in [-0.1, -0.05) is 58.4 Å². The molecule has 10 heteroatoms. The smallest absolute Gasteiger partial charge is 0.223 e. The van der Waals surface area contributed by atoms with Crippen LogP contribution in [-0.2, 0) is 0 Å². The van der Waals surface area contributed by atoms with Gasteiger partial charge in [0.05, 0.1) is 28.4 Å². The van der Waals surface area contributed by atoms with Crippen LogP contribution in [0.5, 0.6) is 5.75 Å². The molecule has 1 fully saturated rings. The Hall–Kier alpha value is -1.85. The largest absolute Gasteiger partial charge is 0.495 e. The Labute approximate surface area is 222 Å². The summed E-state index contributed by atoms with van der Waals surface area (Å²) in [6.45, 7) is 4.41. The highest BCUT2D eigenvalue weighted by Gasteiger charge is 2.34. The molecule has 1 aromatic heterocycles. The number of rotatable bonds is 8. The summed E-state index contributed by atoms with van der Waals surface area (Å²) in [5, 5.41) is 18.6. The number of aliphatic hydroxyl groups excluding tert-OH is 1. The van der Waals surface area contributed by atoms with E-state index in [9.17, 15) is 5.11 Å². The topological polar surface area (TPSA) is 82.5 Å². The molecule has 3 aromatic rings.